The van der Waals surface area contributed by atoms with Crippen LogP contribution >= 0.6 is 0 Å². The quantitative estimate of drug-likeness (QED) is 0.771. The molecule has 0 saturated carbocycles. The first-order valence-electron chi connectivity index (χ1n) is 7.23. The van der Waals surface area contributed by atoms with Crippen molar-refractivity contribution < 1.29 is 4.79 Å². The van der Waals surface area contributed by atoms with E-state index < -0.39 is 5.41 Å². The van der Waals surface area contributed by atoms with Gasteiger partial charge in [0.1, 0.15) is 0 Å². The van der Waals surface area contributed by atoms with Crippen LogP contribution in [0, 0.1) is 0 Å². The molecule has 106 valence electrons. The summed E-state index contributed by atoms with van der Waals surface area (Å²) in [5.74, 6) is 0.160. The van der Waals surface area contributed by atoms with Gasteiger partial charge in [0.15, 0.2) is 0 Å². The smallest absolute Gasteiger partial charge is 0.238 e. The Bertz CT molecular complexity index is 677. The van der Waals surface area contributed by atoms with Crippen molar-refractivity contribution >= 4 is 11.6 Å². The second-order valence-electron chi connectivity index (χ2n) is 5.72. The van der Waals surface area contributed by atoms with E-state index in [-0.39, 0.29) is 5.91 Å². The van der Waals surface area contributed by atoms with Crippen molar-refractivity contribution in [3.8, 4) is 0 Å². The molecule has 3 rings (SSSR count). The minimum absolute atomic E-state index is 0.160. The summed E-state index contributed by atoms with van der Waals surface area (Å²) >= 11 is 0. The molecule has 2 nitrogen and oxygen atoms in total. The highest BCUT2D eigenvalue weighted by molar-refractivity contribution is 6.07. The van der Waals surface area contributed by atoms with Gasteiger partial charge in [-0.3, -0.25) is 4.79 Å². The molecular formula is C19H19NO. The fourth-order valence-corrected chi connectivity index (χ4v) is 3.11. The Morgan fingerprint density at radius 1 is 1.10 bits per heavy atom. The number of hydrogen-bond acceptors (Lipinski definition) is 1. The molecule has 2 aromatic rings. The van der Waals surface area contributed by atoms with E-state index in [0.717, 1.165) is 16.8 Å². The van der Waals surface area contributed by atoms with Gasteiger partial charge in [-0.1, -0.05) is 54.6 Å². The first-order valence-corrected chi connectivity index (χ1v) is 7.23. The first kappa shape index (κ1) is 13.6. The van der Waals surface area contributed by atoms with Gasteiger partial charge in [0.25, 0.3) is 0 Å². The normalized spacial score (nSPS) is 20.4. The number of carbonyl (C=O) groups excluding carboxylic acids is 1. The molecule has 0 aromatic heterocycles. The Balaban J connectivity index is 2.03. The molecule has 0 aliphatic carbocycles. The summed E-state index contributed by atoms with van der Waals surface area (Å²) in [4.78, 5) is 14.9. The average Bonchev–Trinajstić information content (AvgIpc) is 2.72. The molecule has 1 aliphatic heterocycles. The molecule has 2 aromatic carbocycles. The zero-order valence-corrected chi connectivity index (χ0v) is 12.3. The molecule has 0 fully saturated rings. The molecule has 0 unspecified atom stereocenters. The molecule has 1 atom stereocenters. The van der Waals surface area contributed by atoms with Gasteiger partial charge in [-0.2, -0.15) is 0 Å². The average molecular weight is 277 g/mol. The number of amides is 1. The third-order valence-electron chi connectivity index (χ3n) is 4.24. The number of hydrogen-bond donors (Lipinski definition) is 0. The van der Waals surface area contributed by atoms with Crippen LogP contribution in [-0.2, 0) is 16.8 Å². The number of anilines is 1. The highest BCUT2D eigenvalue weighted by Gasteiger charge is 2.46. The van der Waals surface area contributed by atoms with Crippen LogP contribution in [0.3, 0.4) is 0 Å². The Morgan fingerprint density at radius 2 is 1.76 bits per heavy atom. The van der Waals surface area contributed by atoms with Crippen LogP contribution in [-0.4, -0.2) is 5.91 Å². The van der Waals surface area contributed by atoms with Gasteiger partial charge in [0, 0.05) is 5.69 Å². The predicted octanol–water partition coefficient (Wildman–Crippen LogP) is 4.07. The third kappa shape index (κ3) is 2.17. The summed E-state index contributed by atoms with van der Waals surface area (Å²) in [7, 11) is 0. The van der Waals surface area contributed by atoms with Gasteiger partial charge in [0.05, 0.1) is 12.0 Å². The fourth-order valence-electron chi connectivity index (χ4n) is 3.11. The summed E-state index contributed by atoms with van der Waals surface area (Å²) in [5.41, 5.74) is 2.78. The zero-order valence-electron chi connectivity index (χ0n) is 12.3. The maximum atomic E-state index is 13.0. The Hall–Kier alpha value is -2.35. The van der Waals surface area contributed by atoms with E-state index in [1.807, 2.05) is 54.3 Å². The number of allylic oxidation sites excluding steroid dienone is 1. The van der Waals surface area contributed by atoms with Gasteiger partial charge in [0.2, 0.25) is 5.91 Å². The van der Waals surface area contributed by atoms with Crippen LogP contribution in [0.25, 0.3) is 0 Å². The molecule has 0 spiro atoms. The van der Waals surface area contributed by atoms with Gasteiger partial charge in [-0.05, 0) is 30.5 Å². The Labute approximate surface area is 125 Å². The maximum Gasteiger partial charge on any atom is 0.238 e. The van der Waals surface area contributed by atoms with Crippen LogP contribution in [0.15, 0.2) is 67.3 Å². The highest BCUT2D eigenvalue weighted by Crippen LogP contribution is 2.44. The van der Waals surface area contributed by atoms with Crippen LogP contribution in [0.2, 0.25) is 0 Å². The summed E-state index contributed by atoms with van der Waals surface area (Å²) < 4.78 is 0. The molecule has 0 bridgehead atoms. The number of para-hydroxylation sites is 1. The maximum absolute atomic E-state index is 13.0. The van der Waals surface area contributed by atoms with E-state index in [4.69, 9.17) is 0 Å². The minimum Gasteiger partial charge on any atom is -0.307 e. The van der Waals surface area contributed by atoms with E-state index in [1.165, 1.54) is 0 Å². The fraction of sp³-hybridized carbons (Fsp3) is 0.211. The van der Waals surface area contributed by atoms with Crippen LogP contribution < -0.4 is 4.90 Å². The Morgan fingerprint density at radius 3 is 2.48 bits per heavy atom. The molecule has 2 heteroatoms. The molecule has 0 radical (unpaired) electrons. The van der Waals surface area contributed by atoms with Crippen molar-refractivity contribution in [2.24, 2.45) is 0 Å². The third-order valence-corrected chi connectivity index (χ3v) is 4.24. The van der Waals surface area contributed by atoms with Crippen LogP contribution in [0.5, 0.6) is 0 Å². The predicted molar refractivity (Wildman–Crippen MR) is 86.2 cm³/mol. The number of rotatable bonds is 4. The molecule has 0 N–H and O–H groups in total. The summed E-state index contributed by atoms with van der Waals surface area (Å²) in [5, 5.41) is 0. The number of benzene rings is 2. The molecule has 1 heterocycles. The standard InChI is InChI=1S/C19H19NO/c1-3-13-19(2)16-11-7-8-12-17(16)20(18(19)21)14-15-9-5-4-6-10-15/h3-12H,1,13-14H2,2H3/t19-/m0/s1. The van der Waals surface area contributed by atoms with E-state index in [2.05, 4.69) is 24.8 Å². The van der Waals surface area contributed by atoms with Crippen LogP contribution in [0.1, 0.15) is 24.5 Å². The Kier molecular flexibility index (Phi) is 3.38. The SMILES string of the molecule is C=CC[C@]1(C)C(=O)N(Cc2ccccc2)c2ccccc21. The van der Waals surface area contributed by atoms with E-state index in [0.29, 0.717) is 13.0 Å². The van der Waals surface area contributed by atoms with Crippen molar-refractivity contribution in [1.82, 2.24) is 0 Å². The van der Waals surface area contributed by atoms with Crippen molar-refractivity contribution in [2.45, 2.75) is 25.3 Å². The summed E-state index contributed by atoms with van der Waals surface area (Å²) in [6.07, 6.45) is 2.49. The number of nitrogens with zero attached hydrogens (tertiary/aromatic N) is 1. The lowest BCUT2D eigenvalue weighted by molar-refractivity contribution is -0.122. The van der Waals surface area contributed by atoms with Gasteiger partial charge >= 0.3 is 0 Å². The van der Waals surface area contributed by atoms with Crippen LogP contribution in [0.4, 0.5) is 5.69 Å². The van der Waals surface area contributed by atoms with Gasteiger partial charge in [-0.25, -0.2) is 0 Å². The first-order chi connectivity index (χ1) is 10.2. The van der Waals surface area contributed by atoms with Gasteiger partial charge < -0.3 is 4.90 Å². The monoisotopic (exact) mass is 277 g/mol. The van der Waals surface area contributed by atoms with E-state index in [9.17, 15) is 4.79 Å². The lowest BCUT2D eigenvalue weighted by Gasteiger charge is -2.23. The number of carbonyl (C=O) groups is 1. The lowest BCUT2D eigenvalue weighted by atomic mass is 9.81. The van der Waals surface area contributed by atoms with E-state index in [1.54, 1.807) is 0 Å². The van der Waals surface area contributed by atoms with Gasteiger partial charge in [-0.15, -0.1) is 6.58 Å². The topological polar surface area (TPSA) is 20.3 Å². The number of fused-ring (bicyclic) bond motifs is 1. The molecular weight excluding hydrogens is 258 g/mol. The summed E-state index contributed by atoms with van der Waals surface area (Å²) in [6, 6.07) is 18.2. The van der Waals surface area contributed by atoms with Crippen molar-refractivity contribution in [2.75, 3.05) is 4.90 Å². The molecule has 1 amide bonds. The second kappa shape index (κ2) is 5.21. The molecule has 1 aliphatic rings. The minimum atomic E-state index is -0.493. The van der Waals surface area contributed by atoms with Crippen molar-refractivity contribution in [3.63, 3.8) is 0 Å². The van der Waals surface area contributed by atoms with Crippen molar-refractivity contribution in [1.29, 1.82) is 0 Å². The lowest BCUT2D eigenvalue weighted by Crippen LogP contribution is -2.37. The highest BCUT2D eigenvalue weighted by atomic mass is 16.2. The zero-order chi connectivity index (χ0) is 14.9. The molecule has 21 heavy (non-hydrogen) atoms. The summed E-state index contributed by atoms with van der Waals surface area (Å²) in [6.45, 7) is 6.44. The van der Waals surface area contributed by atoms with Crippen molar-refractivity contribution in [3.05, 3.63) is 78.4 Å². The second-order valence-corrected chi connectivity index (χ2v) is 5.72. The van der Waals surface area contributed by atoms with E-state index >= 15 is 0 Å². The largest absolute Gasteiger partial charge is 0.307 e. The molecule has 0 saturated heterocycles.